The van der Waals surface area contributed by atoms with E-state index in [4.69, 9.17) is 28.6 Å². The lowest BCUT2D eigenvalue weighted by molar-refractivity contribution is -0.130. The minimum Gasteiger partial charge on any atom is -0.495 e. The summed E-state index contributed by atoms with van der Waals surface area (Å²) in [5, 5.41) is 9.37. The maximum Gasteiger partial charge on any atom is 0.243 e. The Morgan fingerprint density at radius 2 is 2.35 bits per heavy atom. The summed E-state index contributed by atoms with van der Waals surface area (Å²) in [5.41, 5.74) is 0.445. The van der Waals surface area contributed by atoms with Crippen LogP contribution in [0.25, 0.3) is 0 Å². The van der Waals surface area contributed by atoms with Crippen molar-refractivity contribution in [2.24, 2.45) is 0 Å². The molecule has 1 aromatic rings. The summed E-state index contributed by atoms with van der Waals surface area (Å²) in [6.45, 7) is 5.09. The van der Waals surface area contributed by atoms with Crippen molar-refractivity contribution in [3.63, 3.8) is 0 Å². The van der Waals surface area contributed by atoms with Crippen LogP contribution in [-0.2, 0) is 9.59 Å². The van der Waals surface area contributed by atoms with Gasteiger partial charge in [0.25, 0.3) is 0 Å². The standard InChI is InChI=1S/C17H21ClN4O3S/c1-3-6-20-17(26)22-8-7-19-16(24)13(22)10-15(23)21-12-9-11(18)4-5-14(12)25-2/h3-5,9,13H,1,6-8,10H2,2H3,(H,19,24)(H,20,26)(H,21,23). The molecule has 0 spiro atoms. The van der Waals surface area contributed by atoms with E-state index in [-0.39, 0.29) is 18.2 Å². The van der Waals surface area contributed by atoms with Gasteiger partial charge in [0.05, 0.1) is 19.2 Å². The highest BCUT2D eigenvalue weighted by Crippen LogP contribution is 2.28. The molecule has 0 saturated carbocycles. The third kappa shape index (κ3) is 5.09. The number of anilines is 1. The minimum absolute atomic E-state index is 0.0581. The van der Waals surface area contributed by atoms with Gasteiger partial charge in [-0.15, -0.1) is 6.58 Å². The van der Waals surface area contributed by atoms with Crippen LogP contribution in [0.2, 0.25) is 5.02 Å². The fourth-order valence-corrected chi connectivity index (χ4v) is 3.05. The number of hydrogen-bond donors (Lipinski definition) is 3. The van der Waals surface area contributed by atoms with E-state index in [2.05, 4.69) is 22.5 Å². The smallest absolute Gasteiger partial charge is 0.243 e. The molecule has 1 aromatic carbocycles. The average molecular weight is 397 g/mol. The highest BCUT2D eigenvalue weighted by Gasteiger charge is 2.33. The van der Waals surface area contributed by atoms with Crippen LogP contribution in [-0.4, -0.2) is 54.6 Å². The van der Waals surface area contributed by atoms with Gasteiger partial charge in [0.2, 0.25) is 11.8 Å². The number of halogens is 1. The van der Waals surface area contributed by atoms with Crippen molar-refractivity contribution in [1.29, 1.82) is 0 Å². The molecule has 0 aliphatic carbocycles. The maximum absolute atomic E-state index is 12.5. The molecule has 140 valence electrons. The SMILES string of the molecule is C=CCNC(=S)N1CCNC(=O)C1CC(=O)Nc1cc(Cl)ccc1OC. The zero-order chi connectivity index (χ0) is 19.1. The molecule has 1 saturated heterocycles. The second kappa shape index (κ2) is 9.40. The molecule has 9 heteroatoms. The number of methoxy groups -OCH3 is 1. The number of thiocarbonyl (C=S) groups is 1. The predicted molar refractivity (Wildman–Crippen MR) is 106 cm³/mol. The summed E-state index contributed by atoms with van der Waals surface area (Å²) in [5.74, 6) is -0.104. The Bertz CT molecular complexity index is 713. The van der Waals surface area contributed by atoms with Gasteiger partial charge in [0.1, 0.15) is 11.8 Å². The molecule has 2 rings (SSSR count). The van der Waals surface area contributed by atoms with Crippen LogP contribution in [0.15, 0.2) is 30.9 Å². The second-order valence-corrected chi connectivity index (χ2v) is 6.39. The molecular weight excluding hydrogens is 376 g/mol. The molecule has 26 heavy (non-hydrogen) atoms. The Labute approximate surface area is 162 Å². The van der Waals surface area contributed by atoms with Crippen molar-refractivity contribution >= 4 is 46.4 Å². The van der Waals surface area contributed by atoms with Gasteiger partial charge in [-0.1, -0.05) is 17.7 Å². The Balaban J connectivity index is 2.09. The van der Waals surface area contributed by atoms with Crippen LogP contribution in [0.3, 0.4) is 0 Å². The number of carbonyl (C=O) groups is 2. The van der Waals surface area contributed by atoms with Gasteiger partial charge in [0.15, 0.2) is 5.11 Å². The zero-order valence-corrected chi connectivity index (χ0v) is 16.0. The van der Waals surface area contributed by atoms with E-state index in [1.807, 2.05) is 0 Å². The lowest BCUT2D eigenvalue weighted by Crippen LogP contribution is -2.60. The van der Waals surface area contributed by atoms with E-state index < -0.39 is 6.04 Å². The monoisotopic (exact) mass is 396 g/mol. The van der Waals surface area contributed by atoms with E-state index in [0.717, 1.165) is 0 Å². The first-order valence-electron chi connectivity index (χ1n) is 8.02. The van der Waals surface area contributed by atoms with Crippen LogP contribution in [0.1, 0.15) is 6.42 Å². The van der Waals surface area contributed by atoms with E-state index in [1.165, 1.54) is 7.11 Å². The number of nitrogens with zero attached hydrogens (tertiary/aromatic N) is 1. The van der Waals surface area contributed by atoms with Crippen molar-refractivity contribution in [3.8, 4) is 5.75 Å². The molecule has 1 heterocycles. The number of hydrogen-bond acceptors (Lipinski definition) is 4. The van der Waals surface area contributed by atoms with Gasteiger partial charge < -0.3 is 25.6 Å². The first-order chi connectivity index (χ1) is 12.5. The molecule has 3 N–H and O–H groups in total. The number of carbonyl (C=O) groups excluding carboxylic acids is 2. The van der Waals surface area contributed by atoms with Crippen molar-refractivity contribution in [3.05, 3.63) is 35.9 Å². The molecule has 7 nitrogen and oxygen atoms in total. The van der Waals surface area contributed by atoms with E-state index in [9.17, 15) is 9.59 Å². The molecule has 0 radical (unpaired) electrons. The fraction of sp³-hybridized carbons (Fsp3) is 0.353. The fourth-order valence-electron chi connectivity index (χ4n) is 2.58. The Morgan fingerprint density at radius 3 is 3.04 bits per heavy atom. The van der Waals surface area contributed by atoms with Gasteiger partial charge in [0, 0.05) is 24.7 Å². The van der Waals surface area contributed by atoms with E-state index >= 15 is 0 Å². The van der Waals surface area contributed by atoms with Gasteiger partial charge in [-0.2, -0.15) is 0 Å². The van der Waals surface area contributed by atoms with Crippen LogP contribution in [0.4, 0.5) is 5.69 Å². The first kappa shape index (κ1) is 20.0. The number of rotatable bonds is 6. The lowest BCUT2D eigenvalue weighted by atomic mass is 10.1. The summed E-state index contributed by atoms with van der Waals surface area (Å²) in [7, 11) is 1.50. The molecule has 1 fully saturated rings. The van der Waals surface area contributed by atoms with Crippen molar-refractivity contribution in [2.75, 3.05) is 32.1 Å². The minimum atomic E-state index is -0.696. The van der Waals surface area contributed by atoms with E-state index in [1.54, 1.807) is 29.2 Å². The van der Waals surface area contributed by atoms with Gasteiger partial charge in [-0.25, -0.2) is 0 Å². The van der Waals surface area contributed by atoms with Gasteiger partial charge >= 0.3 is 0 Å². The molecular formula is C17H21ClN4O3S. The first-order valence-corrected chi connectivity index (χ1v) is 8.81. The Kier molecular flexibility index (Phi) is 7.23. The van der Waals surface area contributed by atoms with E-state index in [0.29, 0.717) is 41.2 Å². The van der Waals surface area contributed by atoms with Gasteiger partial charge in [-0.05, 0) is 30.4 Å². The Hall–Kier alpha value is -2.32. The third-order valence-electron chi connectivity index (χ3n) is 3.80. The average Bonchev–Trinajstić information content (AvgIpc) is 2.61. The number of benzene rings is 1. The summed E-state index contributed by atoms with van der Waals surface area (Å²) >= 11 is 11.3. The van der Waals surface area contributed by atoms with Crippen LogP contribution < -0.4 is 20.7 Å². The van der Waals surface area contributed by atoms with Gasteiger partial charge in [-0.3, -0.25) is 9.59 Å². The molecule has 1 atom stereocenters. The number of piperazine rings is 1. The number of amides is 2. The summed E-state index contributed by atoms with van der Waals surface area (Å²) in [6.07, 6.45) is 1.61. The van der Waals surface area contributed by atoms with Crippen molar-refractivity contribution in [1.82, 2.24) is 15.5 Å². The maximum atomic E-state index is 12.5. The molecule has 1 unspecified atom stereocenters. The molecule has 0 bridgehead atoms. The van der Waals surface area contributed by atoms with Crippen LogP contribution >= 0.6 is 23.8 Å². The topological polar surface area (TPSA) is 82.7 Å². The summed E-state index contributed by atoms with van der Waals surface area (Å²) in [6, 6.07) is 4.22. The predicted octanol–water partition coefficient (Wildman–Crippen LogP) is 1.54. The quantitative estimate of drug-likeness (QED) is 0.500. The van der Waals surface area contributed by atoms with Crippen LogP contribution in [0, 0.1) is 0 Å². The van der Waals surface area contributed by atoms with Crippen LogP contribution in [0.5, 0.6) is 5.75 Å². The highest BCUT2D eigenvalue weighted by atomic mass is 35.5. The Morgan fingerprint density at radius 1 is 1.58 bits per heavy atom. The third-order valence-corrected chi connectivity index (χ3v) is 4.42. The molecule has 0 aromatic heterocycles. The molecule has 1 aliphatic rings. The summed E-state index contributed by atoms with van der Waals surface area (Å²) < 4.78 is 5.21. The lowest BCUT2D eigenvalue weighted by Gasteiger charge is -2.36. The summed E-state index contributed by atoms with van der Waals surface area (Å²) in [4.78, 5) is 26.5. The molecule has 2 amide bonds. The second-order valence-electron chi connectivity index (χ2n) is 5.57. The number of nitrogens with one attached hydrogen (secondary N) is 3. The van der Waals surface area contributed by atoms with Crippen molar-refractivity contribution < 1.29 is 14.3 Å². The number of ether oxygens (including phenoxy) is 1. The normalized spacial score (nSPS) is 16.5. The largest absolute Gasteiger partial charge is 0.495 e. The highest BCUT2D eigenvalue weighted by molar-refractivity contribution is 7.80. The molecule has 1 aliphatic heterocycles. The zero-order valence-electron chi connectivity index (χ0n) is 14.4. The van der Waals surface area contributed by atoms with Crippen molar-refractivity contribution in [2.45, 2.75) is 12.5 Å².